The number of nitrogens with zero attached hydrogens (tertiary/aromatic N) is 3. The van der Waals surface area contributed by atoms with Gasteiger partial charge in [0.2, 0.25) is 0 Å². The normalized spacial score (nSPS) is 15.3. The van der Waals surface area contributed by atoms with Crippen LogP contribution < -0.4 is 0 Å². The van der Waals surface area contributed by atoms with E-state index in [0.717, 1.165) is 33.2 Å². The summed E-state index contributed by atoms with van der Waals surface area (Å²) in [6.45, 7) is 0. The number of para-hydroxylation sites is 1. The second-order valence-electron chi connectivity index (χ2n) is 12.8. The summed E-state index contributed by atoms with van der Waals surface area (Å²) in [6.07, 6.45) is 0. The molecule has 0 aliphatic carbocycles. The maximum Gasteiger partial charge on any atom is 0.164 e. The maximum absolute atomic E-state index is 9.66. The van der Waals surface area contributed by atoms with Crippen LogP contribution in [-0.2, 0) is 0 Å². The van der Waals surface area contributed by atoms with Gasteiger partial charge in [-0.15, -0.1) is 11.3 Å². The van der Waals surface area contributed by atoms with Crippen molar-refractivity contribution in [3.63, 3.8) is 0 Å². The largest absolute Gasteiger partial charge is 0.456 e. The second-order valence-corrected chi connectivity index (χ2v) is 13.8. The first kappa shape index (κ1) is 20.5. The molecule has 0 fully saturated rings. The van der Waals surface area contributed by atoms with E-state index in [2.05, 4.69) is 0 Å². The van der Waals surface area contributed by atoms with Crippen molar-refractivity contribution >= 4 is 53.4 Å². The SMILES string of the molecule is [2H]c1c([2H])c([2H])c(-c2c([2H])c([2H])c(-c3c([2H])c([2H])c4sc5c([2H])c(-c6nc(-c7ccc(-c8ccccc8)cc7)nc(-c7ccc8oc9ccccc9c8c7)n6)c([2H])c([2H])c5c4c3[2H])c([2H])c2[2H])c([2H])c1[2H]. The zero-order chi connectivity index (χ0) is 50.1. The highest BCUT2D eigenvalue weighted by atomic mass is 32.1. The first-order valence-electron chi connectivity index (χ1n) is 25.0. The number of benzene rings is 8. The van der Waals surface area contributed by atoms with E-state index >= 15 is 0 Å². The van der Waals surface area contributed by atoms with Crippen molar-refractivity contribution in [2.75, 3.05) is 0 Å². The summed E-state index contributed by atoms with van der Waals surface area (Å²) >= 11 is 0.844. The van der Waals surface area contributed by atoms with Gasteiger partial charge in [0.25, 0.3) is 0 Å². The molecule has 0 saturated heterocycles. The average molecular weight is 749 g/mol. The minimum absolute atomic E-state index is 0.000484. The van der Waals surface area contributed by atoms with E-state index in [-0.39, 0.29) is 49.3 Å². The minimum atomic E-state index is -0.811. The van der Waals surface area contributed by atoms with Crippen LogP contribution in [0.2, 0.25) is 0 Å². The predicted molar refractivity (Wildman–Crippen MR) is 233 cm³/mol. The maximum atomic E-state index is 9.66. The Bertz CT molecular complexity index is 4060. The molecule has 0 N–H and O–H groups in total. The second kappa shape index (κ2) is 13.3. The molecule has 0 atom stereocenters. The smallest absolute Gasteiger partial charge is 0.164 e. The van der Waals surface area contributed by atoms with Crippen molar-refractivity contribution in [2.45, 2.75) is 0 Å². The van der Waals surface area contributed by atoms with Crippen LogP contribution in [0.3, 0.4) is 0 Å². The number of furan rings is 1. The highest BCUT2D eigenvalue weighted by Gasteiger charge is 2.16. The summed E-state index contributed by atoms with van der Waals surface area (Å²) in [7, 11) is 0. The third kappa shape index (κ3) is 5.74. The lowest BCUT2D eigenvalue weighted by atomic mass is 9.99. The Hall–Kier alpha value is -7.21. The van der Waals surface area contributed by atoms with E-state index in [1.165, 1.54) is 0 Å². The Balaban J connectivity index is 1.12. The molecule has 5 heteroatoms. The highest BCUT2D eigenvalue weighted by Crippen LogP contribution is 2.39. The summed E-state index contributed by atoms with van der Waals surface area (Å²) in [5.74, 6) is 0.319. The summed E-state index contributed by atoms with van der Waals surface area (Å²) in [4.78, 5) is 14.6. The standard InChI is InChI=1S/C51H31N3OS/c1-3-9-32(10-4-1)34-15-17-36(18-16-34)38-25-28-47-44(29-38)42-26-23-40(31-48(42)56-47)51-53-49(37-21-19-35(20-22-37)33-11-5-2-6-12-33)52-50(54-51)39-24-27-46-43(30-39)41-13-7-8-14-45(41)55-46/h1-31H/i1D,3D,4D,9D,10D,15D,16D,17D,18D,23D,25D,26D,28D,29D,31D. The highest BCUT2D eigenvalue weighted by molar-refractivity contribution is 7.25. The van der Waals surface area contributed by atoms with Crippen LogP contribution >= 0.6 is 11.3 Å². The van der Waals surface area contributed by atoms with Crippen molar-refractivity contribution < 1.29 is 25.0 Å². The zero-order valence-electron chi connectivity index (χ0n) is 43.9. The Kier molecular flexibility index (Phi) is 4.85. The zero-order valence-corrected chi connectivity index (χ0v) is 29.7. The molecule has 3 heterocycles. The lowest BCUT2D eigenvalue weighted by Crippen LogP contribution is -2.00. The van der Waals surface area contributed by atoms with Gasteiger partial charge >= 0.3 is 0 Å². The van der Waals surface area contributed by atoms with E-state index in [4.69, 9.17) is 33.1 Å². The van der Waals surface area contributed by atoms with Crippen molar-refractivity contribution in [2.24, 2.45) is 0 Å². The van der Waals surface area contributed by atoms with Gasteiger partial charge < -0.3 is 4.42 Å². The van der Waals surface area contributed by atoms with E-state index in [1.807, 2.05) is 91.0 Å². The van der Waals surface area contributed by atoms with Gasteiger partial charge in [-0.2, -0.15) is 0 Å². The molecule has 0 aliphatic rings. The fourth-order valence-corrected chi connectivity index (χ4v) is 7.59. The van der Waals surface area contributed by atoms with Gasteiger partial charge in [0.15, 0.2) is 17.5 Å². The molecule has 0 bridgehead atoms. The minimum Gasteiger partial charge on any atom is -0.456 e. The number of rotatable bonds is 6. The quantitative estimate of drug-likeness (QED) is 0.170. The Labute approximate surface area is 348 Å². The third-order valence-electron chi connectivity index (χ3n) is 9.38. The molecule has 11 aromatic rings. The van der Waals surface area contributed by atoms with Crippen molar-refractivity contribution in [3.05, 3.63) is 188 Å². The fourth-order valence-electron chi connectivity index (χ4n) is 6.62. The topological polar surface area (TPSA) is 51.8 Å². The van der Waals surface area contributed by atoms with Crippen LogP contribution in [-0.4, -0.2) is 15.0 Å². The number of fused-ring (bicyclic) bond motifs is 6. The monoisotopic (exact) mass is 748 g/mol. The van der Waals surface area contributed by atoms with Gasteiger partial charge in [0.05, 0.1) is 20.6 Å². The van der Waals surface area contributed by atoms with Crippen LogP contribution in [0.15, 0.2) is 192 Å². The molecule has 56 heavy (non-hydrogen) atoms. The van der Waals surface area contributed by atoms with Gasteiger partial charge in [0, 0.05) is 47.6 Å². The molecule has 0 amide bonds. The average Bonchev–Trinajstić information content (AvgIpc) is 3.98. The number of thiophene rings is 1. The Morgan fingerprint density at radius 3 is 1.77 bits per heavy atom. The fraction of sp³-hybridized carbons (Fsp3) is 0. The van der Waals surface area contributed by atoms with Crippen LogP contribution in [0.5, 0.6) is 0 Å². The molecule has 11 rings (SSSR count). The lowest BCUT2D eigenvalue weighted by Gasteiger charge is -2.09. The molecule has 8 aromatic carbocycles. The van der Waals surface area contributed by atoms with Crippen LogP contribution in [0.25, 0.3) is 110 Å². The molecule has 0 aliphatic heterocycles. The molecule has 0 saturated carbocycles. The van der Waals surface area contributed by atoms with Gasteiger partial charge in [-0.3, -0.25) is 0 Å². The predicted octanol–water partition coefficient (Wildman–Crippen LogP) is 14.1. The van der Waals surface area contributed by atoms with Crippen LogP contribution in [0.1, 0.15) is 20.6 Å². The summed E-state index contributed by atoms with van der Waals surface area (Å²) in [5, 5.41) is 1.47. The molecule has 0 radical (unpaired) electrons. The molecule has 0 unspecified atom stereocenters. The van der Waals surface area contributed by atoms with Crippen LogP contribution in [0, 0.1) is 0 Å². The molecule has 3 aromatic heterocycles. The summed E-state index contributed by atoms with van der Waals surface area (Å²) in [6, 6.07) is 20.5. The first-order valence-corrected chi connectivity index (χ1v) is 18.3. The van der Waals surface area contributed by atoms with Crippen LogP contribution in [0.4, 0.5) is 0 Å². The van der Waals surface area contributed by atoms with Gasteiger partial charge in [-0.25, -0.2) is 15.0 Å². The number of hydrogen-bond donors (Lipinski definition) is 0. The molecular formula is C51H31N3OS. The first-order chi connectivity index (χ1) is 34.0. The summed E-state index contributed by atoms with van der Waals surface area (Å²) < 4.78 is 140. The molecule has 0 spiro atoms. The van der Waals surface area contributed by atoms with Gasteiger partial charge in [-0.1, -0.05) is 145 Å². The molecule has 262 valence electrons. The van der Waals surface area contributed by atoms with E-state index in [1.54, 1.807) is 6.07 Å². The lowest BCUT2D eigenvalue weighted by molar-refractivity contribution is 0.669. The van der Waals surface area contributed by atoms with Gasteiger partial charge in [-0.05, 0) is 75.8 Å². The van der Waals surface area contributed by atoms with Crippen molar-refractivity contribution in [3.8, 4) is 67.5 Å². The van der Waals surface area contributed by atoms with Gasteiger partial charge in [0.1, 0.15) is 11.2 Å². The van der Waals surface area contributed by atoms with E-state index < -0.39 is 107 Å². The van der Waals surface area contributed by atoms with E-state index in [0.29, 0.717) is 22.3 Å². The van der Waals surface area contributed by atoms with Crippen molar-refractivity contribution in [1.29, 1.82) is 0 Å². The number of aromatic nitrogens is 3. The third-order valence-corrected chi connectivity index (χ3v) is 10.4. The summed E-state index contributed by atoms with van der Waals surface area (Å²) in [5.41, 5.74) is 2.09. The molecular weight excluding hydrogens is 703 g/mol. The van der Waals surface area contributed by atoms with E-state index in [9.17, 15) is 6.85 Å². The number of hydrogen-bond acceptors (Lipinski definition) is 5. The molecule has 4 nitrogen and oxygen atoms in total. The Morgan fingerprint density at radius 1 is 0.375 bits per heavy atom. The van der Waals surface area contributed by atoms with Crippen molar-refractivity contribution in [1.82, 2.24) is 15.0 Å². The Morgan fingerprint density at radius 2 is 0.964 bits per heavy atom.